The molecule has 0 spiro atoms. The third kappa shape index (κ3) is 2.65. The minimum Gasteiger partial charge on any atom is -0.396 e. The Balaban J connectivity index is 2.19. The van der Waals surface area contributed by atoms with Crippen LogP contribution in [-0.2, 0) is 0 Å². The third-order valence-corrected chi connectivity index (χ3v) is 2.97. The number of benzene rings is 1. The molecule has 0 saturated carbocycles. The first-order valence-electron chi connectivity index (χ1n) is 5.93. The molecular weight excluding hydrogens is 230 g/mol. The maximum atomic E-state index is 9.12. The van der Waals surface area contributed by atoms with Gasteiger partial charge in [-0.15, -0.1) is 0 Å². The number of rotatable bonds is 5. The number of tetrazole rings is 1. The van der Waals surface area contributed by atoms with Gasteiger partial charge in [0.05, 0.1) is 5.69 Å². The molecular formula is C12H17N5O. The van der Waals surface area contributed by atoms with Crippen molar-refractivity contribution < 1.29 is 5.11 Å². The van der Waals surface area contributed by atoms with Crippen molar-refractivity contribution in [3.05, 3.63) is 30.3 Å². The number of hydrogen-bond donors (Lipinski definition) is 2. The first-order valence-corrected chi connectivity index (χ1v) is 5.93. The van der Waals surface area contributed by atoms with Gasteiger partial charge in [0.2, 0.25) is 5.95 Å². The summed E-state index contributed by atoms with van der Waals surface area (Å²) in [5.74, 6) is 0.708. The number of nitrogens with one attached hydrogen (secondary N) is 1. The quantitative estimate of drug-likeness (QED) is 0.827. The normalized spacial score (nSPS) is 14.2. The summed E-state index contributed by atoms with van der Waals surface area (Å²) in [6.07, 6.45) is 0. The van der Waals surface area contributed by atoms with E-state index in [0.29, 0.717) is 5.95 Å². The molecule has 2 aromatic rings. The molecule has 2 unspecified atom stereocenters. The molecule has 2 N–H and O–H groups in total. The first-order chi connectivity index (χ1) is 8.72. The highest BCUT2D eigenvalue weighted by molar-refractivity contribution is 5.38. The molecule has 1 aromatic heterocycles. The smallest absolute Gasteiger partial charge is 0.247 e. The second-order valence-corrected chi connectivity index (χ2v) is 4.34. The van der Waals surface area contributed by atoms with Gasteiger partial charge in [-0.2, -0.15) is 4.68 Å². The lowest BCUT2D eigenvalue weighted by atomic mass is 10.1. The van der Waals surface area contributed by atoms with Crippen LogP contribution in [-0.4, -0.2) is 38.0 Å². The lowest BCUT2D eigenvalue weighted by Crippen LogP contribution is -2.27. The van der Waals surface area contributed by atoms with Crippen molar-refractivity contribution in [2.24, 2.45) is 5.92 Å². The van der Waals surface area contributed by atoms with Gasteiger partial charge in [-0.05, 0) is 35.4 Å². The lowest BCUT2D eigenvalue weighted by Gasteiger charge is -2.19. The standard InChI is InChI=1S/C12H17N5O/c1-9(8-18)10(2)13-12-14-15-16-17(12)11-6-4-3-5-7-11/h3-7,9-10,18H,8H2,1-2H3,(H,13,14,16). The second kappa shape index (κ2) is 5.59. The van der Waals surface area contributed by atoms with Crippen molar-refractivity contribution >= 4 is 5.95 Å². The topological polar surface area (TPSA) is 75.9 Å². The van der Waals surface area contributed by atoms with Crippen molar-refractivity contribution in [3.63, 3.8) is 0 Å². The molecule has 0 radical (unpaired) electrons. The van der Waals surface area contributed by atoms with Gasteiger partial charge in [0.15, 0.2) is 0 Å². The fourth-order valence-corrected chi connectivity index (χ4v) is 1.52. The third-order valence-electron chi connectivity index (χ3n) is 2.97. The van der Waals surface area contributed by atoms with Gasteiger partial charge < -0.3 is 10.4 Å². The molecule has 1 aromatic carbocycles. The molecule has 2 rings (SSSR count). The van der Waals surface area contributed by atoms with Gasteiger partial charge >= 0.3 is 0 Å². The Hall–Kier alpha value is -1.95. The number of aliphatic hydroxyl groups excluding tert-OH is 1. The van der Waals surface area contributed by atoms with Crippen LogP contribution in [0.15, 0.2) is 30.3 Å². The van der Waals surface area contributed by atoms with Crippen LogP contribution in [0.2, 0.25) is 0 Å². The van der Waals surface area contributed by atoms with Gasteiger partial charge in [0.25, 0.3) is 0 Å². The molecule has 0 bridgehead atoms. The van der Waals surface area contributed by atoms with Crippen molar-refractivity contribution in [1.82, 2.24) is 20.2 Å². The summed E-state index contributed by atoms with van der Waals surface area (Å²) >= 11 is 0. The molecule has 0 fully saturated rings. The van der Waals surface area contributed by atoms with E-state index >= 15 is 0 Å². The second-order valence-electron chi connectivity index (χ2n) is 4.34. The Kier molecular flexibility index (Phi) is 3.88. The predicted molar refractivity (Wildman–Crippen MR) is 68.5 cm³/mol. The molecule has 18 heavy (non-hydrogen) atoms. The van der Waals surface area contributed by atoms with Crippen LogP contribution >= 0.6 is 0 Å². The zero-order valence-electron chi connectivity index (χ0n) is 10.5. The monoisotopic (exact) mass is 247 g/mol. The van der Waals surface area contributed by atoms with E-state index in [9.17, 15) is 0 Å². The Morgan fingerprint density at radius 2 is 2.00 bits per heavy atom. The van der Waals surface area contributed by atoms with Gasteiger partial charge in [0.1, 0.15) is 0 Å². The van der Waals surface area contributed by atoms with E-state index in [1.165, 1.54) is 0 Å². The summed E-state index contributed by atoms with van der Waals surface area (Å²) in [7, 11) is 0. The SMILES string of the molecule is CC(CO)C(C)Nc1nnnn1-c1ccccc1. The maximum Gasteiger partial charge on any atom is 0.247 e. The van der Waals surface area contributed by atoms with E-state index < -0.39 is 0 Å². The van der Waals surface area contributed by atoms with Crippen LogP contribution in [0.25, 0.3) is 5.69 Å². The zero-order valence-corrected chi connectivity index (χ0v) is 10.5. The van der Waals surface area contributed by atoms with Crippen LogP contribution in [0.3, 0.4) is 0 Å². The Morgan fingerprint density at radius 1 is 1.28 bits per heavy atom. The highest BCUT2D eigenvalue weighted by atomic mass is 16.3. The van der Waals surface area contributed by atoms with E-state index in [1.54, 1.807) is 4.68 Å². The molecule has 96 valence electrons. The highest BCUT2D eigenvalue weighted by Crippen LogP contribution is 2.13. The fraction of sp³-hybridized carbons (Fsp3) is 0.417. The fourth-order valence-electron chi connectivity index (χ4n) is 1.52. The van der Waals surface area contributed by atoms with Crippen LogP contribution in [0.1, 0.15) is 13.8 Å². The van der Waals surface area contributed by atoms with E-state index in [0.717, 1.165) is 5.69 Å². The molecule has 2 atom stereocenters. The number of aromatic nitrogens is 4. The average molecular weight is 247 g/mol. The highest BCUT2D eigenvalue weighted by Gasteiger charge is 2.15. The predicted octanol–water partition coefficient (Wildman–Crippen LogP) is 1.09. The van der Waals surface area contributed by atoms with Crippen LogP contribution in [0.4, 0.5) is 5.95 Å². The summed E-state index contributed by atoms with van der Waals surface area (Å²) in [4.78, 5) is 0. The molecule has 0 amide bonds. The van der Waals surface area contributed by atoms with Gasteiger partial charge in [0, 0.05) is 12.6 Å². The van der Waals surface area contributed by atoms with E-state index in [-0.39, 0.29) is 18.6 Å². The summed E-state index contributed by atoms with van der Waals surface area (Å²) in [6.45, 7) is 4.08. The Bertz CT molecular complexity index is 484. The van der Waals surface area contributed by atoms with Crippen molar-refractivity contribution in [1.29, 1.82) is 0 Å². The molecule has 0 aliphatic heterocycles. The molecule has 6 nitrogen and oxygen atoms in total. The van der Waals surface area contributed by atoms with Crippen LogP contribution in [0.5, 0.6) is 0 Å². The van der Waals surface area contributed by atoms with E-state index in [4.69, 9.17) is 5.11 Å². The van der Waals surface area contributed by atoms with Crippen LogP contribution < -0.4 is 5.32 Å². The summed E-state index contributed by atoms with van der Waals surface area (Å²) < 4.78 is 1.64. The molecule has 0 aliphatic carbocycles. The van der Waals surface area contributed by atoms with Crippen molar-refractivity contribution in [2.75, 3.05) is 11.9 Å². The molecule has 0 aliphatic rings. The van der Waals surface area contributed by atoms with Gasteiger partial charge in [-0.25, -0.2) is 0 Å². The number of anilines is 1. The number of nitrogens with zero attached hydrogens (tertiary/aromatic N) is 4. The van der Waals surface area contributed by atoms with E-state index in [2.05, 4.69) is 20.8 Å². The lowest BCUT2D eigenvalue weighted by molar-refractivity contribution is 0.226. The average Bonchev–Trinajstić information content (AvgIpc) is 2.86. The molecule has 6 heteroatoms. The molecule has 0 saturated heterocycles. The van der Waals surface area contributed by atoms with Crippen molar-refractivity contribution in [2.45, 2.75) is 19.9 Å². The number of aliphatic hydroxyl groups is 1. The summed E-state index contributed by atoms with van der Waals surface area (Å²) in [6, 6.07) is 9.76. The maximum absolute atomic E-state index is 9.12. The Labute approximate surface area is 106 Å². The minimum atomic E-state index is 0.0865. The van der Waals surface area contributed by atoms with Crippen LogP contribution in [0, 0.1) is 5.92 Å². The number of para-hydroxylation sites is 1. The largest absolute Gasteiger partial charge is 0.396 e. The Morgan fingerprint density at radius 3 is 2.67 bits per heavy atom. The minimum absolute atomic E-state index is 0.0865. The first kappa shape index (κ1) is 12.5. The summed E-state index contributed by atoms with van der Waals surface area (Å²) in [5.41, 5.74) is 0.897. The van der Waals surface area contributed by atoms with E-state index in [1.807, 2.05) is 44.2 Å². The van der Waals surface area contributed by atoms with Crippen molar-refractivity contribution in [3.8, 4) is 5.69 Å². The van der Waals surface area contributed by atoms with Gasteiger partial charge in [-0.1, -0.05) is 30.2 Å². The summed E-state index contributed by atoms with van der Waals surface area (Å²) in [5, 5.41) is 23.9. The zero-order chi connectivity index (χ0) is 13.0. The molecule has 1 heterocycles. The number of hydrogen-bond acceptors (Lipinski definition) is 5. The van der Waals surface area contributed by atoms with Gasteiger partial charge in [-0.3, -0.25) is 0 Å².